The molecule has 1 unspecified atom stereocenters. The standard InChI is InChI=1S/C15H20N4O/c1-12(8-16-2)15(20)17-9-13-10-18-19(11-13)14-6-4-3-5-7-14/h3-7,10-12,16H,8-9H2,1-2H3,(H,17,20). The molecular formula is C15H20N4O. The summed E-state index contributed by atoms with van der Waals surface area (Å²) in [5.74, 6) is 0.0102. The highest BCUT2D eigenvalue weighted by molar-refractivity contribution is 5.78. The second-order valence-corrected chi connectivity index (χ2v) is 4.81. The largest absolute Gasteiger partial charge is 0.352 e. The molecule has 1 aromatic heterocycles. The van der Waals surface area contributed by atoms with E-state index in [2.05, 4.69) is 15.7 Å². The van der Waals surface area contributed by atoms with Gasteiger partial charge in [-0.3, -0.25) is 4.79 Å². The molecule has 106 valence electrons. The van der Waals surface area contributed by atoms with Crippen molar-refractivity contribution in [3.05, 3.63) is 48.3 Å². The van der Waals surface area contributed by atoms with E-state index in [0.717, 1.165) is 11.3 Å². The predicted molar refractivity (Wildman–Crippen MR) is 78.5 cm³/mol. The van der Waals surface area contributed by atoms with Gasteiger partial charge in [0.2, 0.25) is 5.91 Å². The van der Waals surface area contributed by atoms with E-state index in [1.54, 1.807) is 10.9 Å². The number of rotatable bonds is 6. The zero-order chi connectivity index (χ0) is 14.4. The van der Waals surface area contributed by atoms with Gasteiger partial charge in [0.05, 0.1) is 11.9 Å². The SMILES string of the molecule is CNCC(C)C(=O)NCc1cnn(-c2ccccc2)c1. The maximum absolute atomic E-state index is 11.8. The Labute approximate surface area is 119 Å². The number of para-hydroxylation sites is 1. The average Bonchev–Trinajstić information content (AvgIpc) is 2.95. The molecule has 2 rings (SSSR count). The van der Waals surface area contributed by atoms with Gasteiger partial charge in [-0.15, -0.1) is 0 Å². The van der Waals surface area contributed by atoms with Crippen LogP contribution in [0.1, 0.15) is 12.5 Å². The molecule has 5 heteroatoms. The highest BCUT2D eigenvalue weighted by Gasteiger charge is 2.11. The van der Waals surface area contributed by atoms with Crippen molar-refractivity contribution < 1.29 is 4.79 Å². The molecule has 1 atom stereocenters. The van der Waals surface area contributed by atoms with Crippen LogP contribution in [0.15, 0.2) is 42.7 Å². The van der Waals surface area contributed by atoms with E-state index < -0.39 is 0 Å². The minimum absolute atomic E-state index is 0.0378. The molecule has 0 saturated carbocycles. The summed E-state index contributed by atoms with van der Waals surface area (Å²) in [6, 6.07) is 9.89. The Morgan fingerprint density at radius 3 is 2.80 bits per heavy atom. The second kappa shape index (κ2) is 6.86. The average molecular weight is 272 g/mol. The Morgan fingerprint density at radius 1 is 1.35 bits per heavy atom. The van der Waals surface area contributed by atoms with Crippen molar-refractivity contribution in [1.29, 1.82) is 0 Å². The first-order valence-electron chi connectivity index (χ1n) is 6.72. The van der Waals surface area contributed by atoms with Crippen LogP contribution in [-0.4, -0.2) is 29.3 Å². The summed E-state index contributed by atoms with van der Waals surface area (Å²) in [6.07, 6.45) is 3.70. The molecule has 0 spiro atoms. The molecular weight excluding hydrogens is 252 g/mol. The Bertz CT molecular complexity index is 550. The highest BCUT2D eigenvalue weighted by atomic mass is 16.1. The van der Waals surface area contributed by atoms with Crippen LogP contribution in [0.5, 0.6) is 0 Å². The minimum atomic E-state index is -0.0378. The normalized spacial score (nSPS) is 12.1. The van der Waals surface area contributed by atoms with Crippen LogP contribution < -0.4 is 10.6 Å². The summed E-state index contributed by atoms with van der Waals surface area (Å²) in [4.78, 5) is 11.8. The zero-order valence-electron chi connectivity index (χ0n) is 11.8. The van der Waals surface area contributed by atoms with Crippen molar-refractivity contribution in [3.63, 3.8) is 0 Å². The van der Waals surface area contributed by atoms with Crippen LogP contribution in [-0.2, 0) is 11.3 Å². The van der Waals surface area contributed by atoms with E-state index in [9.17, 15) is 4.79 Å². The van der Waals surface area contributed by atoms with Crippen molar-refractivity contribution in [2.45, 2.75) is 13.5 Å². The summed E-state index contributed by atoms with van der Waals surface area (Å²) in [6.45, 7) is 3.08. The van der Waals surface area contributed by atoms with Crippen LogP contribution in [0, 0.1) is 5.92 Å². The van der Waals surface area contributed by atoms with Gasteiger partial charge in [0.1, 0.15) is 0 Å². The van der Waals surface area contributed by atoms with E-state index in [1.807, 2.05) is 50.5 Å². The van der Waals surface area contributed by atoms with Gasteiger partial charge in [-0.25, -0.2) is 4.68 Å². The summed E-state index contributed by atoms with van der Waals surface area (Å²) in [7, 11) is 1.84. The number of carbonyl (C=O) groups excluding carboxylic acids is 1. The molecule has 0 aliphatic heterocycles. The first-order valence-corrected chi connectivity index (χ1v) is 6.72. The Morgan fingerprint density at radius 2 is 2.10 bits per heavy atom. The molecule has 2 aromatic rings. The fourth-order valence-electron chi connectivity index (χ4n) is 1.94. The Hall–Kier alpha value is -2.14. The molecule has 0 aliphatic carbocycles. The van der Waals surface area contributed by atoms with E-state index in [-0.39, 0.29) is 11.8 Å². The number of hydrogen-bond acceptors (Lipinski definition) is 3. The smallest absolute Gasteiger partial charge is 0.224 e. The van der Waals surface area contributed by atoms with Crippen LogP contribution in [0.25, 0.3) is 5.69 Å². The predicted octanol–water partition coefficient (Wildman–Crippen LogP) is 1.34. The van der Waals surface area contributed by atoms with Crippen molar-refractivity contribution in [2.24, 2.45) is 5.92 Å². The fourth-order valence-corrected chi connectivity index (χ4v) is 1.94. The first kappa shape index (κ1) is 14.3. The molecule has 0 aliphatic rings. The molecule has 0 radical (unpaired) electrons. The third-order valence-corrected chi connectivity index (χ3v) is 3.08. The van der Waals surface area contributed by atoms with Gasteiger partial charge in [-0.1, -0.05) is 25.1 Å². The van der Waals surface area contributed by atoms with E-state index in [4.69, 9.17) is 0 Å². The molecule has 0 bridgehead atoms. The summed E-state index contributed by atoms with van der Waals surface area (Å²) in [5, 5.41) is 10.2. The molecule has 1 aromatic carbocycles. The molecule has 1 amide bonds. The third-order valence-electron chi connectivity index (χ3n) is 3.08. The number of amides is 1. The van der Waals surface area contributed by atoms with E-state index >= 15 is 0 Å². The Kier molecular flexibility index (Phi) is 4.90. The van der Waals surface area contributed by atoms with Gasteiger partial charge in [0.15, 0.2) is 0 Å². The molecule has 1 heterocycles. The molecule has 5 nitrogen and oxygen atoms in total. The van der Waals surface area contributed by atoms with Crippen molar-refractivity contribution in [3.8, 4) is 5.69 Å². The Balaban J connectivity index is 1.92. The van der Waals surface area contributed by atoms with Gasteiger partial charge in [-0.2, -0.15) is 5.10 Å². The molecule has 20 heavy (non-hydrogen) atoms. The van der Waals surface area contributed by atoms with Gasteiger partial charge in [-0.05, 0) is 19.2 Å². The third kappa shape index (κ3) is 3.68. The van der Waals surface area contributed by atoms with Crippen molar-refractivity contribution in [1.82, 2.24) is 20.4 Å². The minimum Gasteiger partial charge on any atom is -0.352 e. The highest BCUT2D eigenvalue weighted by Crippen LogP contribution is 2.07. The number of nitrogens with zero attached hydrogens (tertiary/aromatic N) is 2. The van der Waals surface area contributed by atoms with Crippen molar-refractivity contribution in [2.75, 3.05) is 13.6 Å². The lowest BCUT2D eigenvalue weighted by molar-refractivity contribution is -0.124. The zero-order valence-corrected chi connectivity index (χ0v) is 11.8. The molecule has 0 saturated heterocycles. The van der Waals surface area contributed by atoms with Crippen molar-refractivity contribution >= 4 is 5.91 Å². The van der Waals surface area contributed by atoms with Crippen LogP contribution in [0.3, 0.4) is 0 Å². The second-order valence-electron chi connectivity index (χ2n) is 4.81. The topological polar surface area (TPSA) is 59.0 Å². The lowest BCUT2D eigenvalue weighted by atomic mass is 10.1. The van der Waals surface area contributed by atoms with Gasteiger partial charge in [0.25, 0.3) is 0 Å². The van der Waals surface area contributed by atoms with Crippen LogP contribution in [0.4, 0.5) is 0 Å². The lowest BCUT2D eigenvalue weighted by Crippen LogP contribution is -2.33. The number of benzene rings is 1. The lowest BCUT2D eigenvalue weighted by Gasteiger charge is -2.10. The quantitative estimate of drug-likeness (QED) is 0.834. The fraction of sp³-hybridized carbons (Fsp3) is 0.333. The maximum Gasteiger partial charge on any atom is 0.224 e. The van der Waals surface area contributed by atoms with Gasteiger partial charge < -0.3 is 10.6 Å². The molecule has 0 fully saturated rings. The number of aromatic nitrogens is 2. The van der Waals surface area contributed by atoms with E-state index in [1.165, 1.54) is 0 Å². The van der Waals surface area contributed by atoms with E-state index in [0.29, 0.717) is 13.1 Å². The number of nitrogens with one attached hydrogen (secondary N) is 2. The molecule has 2 N–H and O–H groups in total. The number of carbonyl (C=O) groups is 1. The van der Waals surface area contributed by atoms with Gasteiger partial charge >= 0.3 is 0 Å². The summed E-state index contributed by atoms with van der Waals surface area (Å²) in [5.41, 5.74) is 1.99. The maximum atomic E-state index is 11.8. The van der Waals surface area contributed by atoms with Crippen LogP contribution >= 0.6 is 0 Å². The number of hydrogen-bond donors (Lipinski definition) is 2. The summed E-state index contributed by atoms with van der Waals surface area (Å²) < 4.78 is 1.80. The monoisotopic (exact) mass is 272 g/mol. The van der Waals surface area contributed by atoms with Crippen LogP contribution in [0.2, 0.25) is 0 Å². The summed E-state index contributed by atoms with van der Waals surface area (Å²) >= 11 is 0. The first-order chi connectivity index (χ1) is 9.70. The van der Waals surface area contributed by atoms with Gasteiger partial charge in [0, 0.05) is 30.8 Å².